The van der Waals surface area contributed by atoms with E-state index in [1.165, 1.54) is 18.2 Å². The topological polar surface area (TPSA) is 77.7 Å². The fraction of sp³-hybridized carbons (Fsp3) is 0.133. The Morgan fingerprint density at radius 1 is 1.04 bits per heavy atom. The van der Waals surface area contributed by atoms with Crippen LogP contribution >= 0.6 is 0 Å². The number of alkyl halides is 3. The van der Waals surface area contributed by atoms with Crippen molar-refractivity contribution in [1.29, 1.82) is 0 Å². The summed E-state index contributed by atoms with van der Waals surface area (Å²) in [6.07, 6.45) is -2.77. The minimum Gasteiger partial charge on any atom is -0.242 e. The standard InChI is InChI=1S/C15H10F4N4O2S/c1-26(24,25)12-7-6-11(8-20-12)23-13(9-2-4-10(16)5-3-9)21-14(22-23)15(17,18)19/h2-8H,1H3. The smallest absolute Gasteiger partial charge is 0.242 e. The van der Waals surface area contributed by atoms with Crippen LogP contribution in [0, 0.1) is 5.82 Å². The molecule has 0 bridgehead atoms. The zero-order valence-electron chi connectivity index (χ0n) is 13.1. The molecule has 3 rings (SSSR count). The maximum absolute atomic E-state index is 13.1. The first-order valence-electron chi connectivity index (χ1n) is 7.02. The number of halogens is 4. The summed E-state index contributed by atoms with van der Waals surface area (Å²) in [7, 11) is -3.56. The van der Waals surface area contributed by atoms with Gasteiger partial charge in [0.2, 0.25) is 0 Å². The summed E-state index contributed by atoms with van der Waals surface area (Å²) in [5.41, 5.74) is 0.265. The lowest BCUT2D eigenvalue weighted by atomic mass is 10.2. The molecule has 0 saturated heterocycles. The van der Waals surface area contributed by atoms with Crippen molar-refractivity contribution in [2.45, 2.75) is 11.2 Å². The number of aromatic nitrogens is 4. The molecule has 1 aromatic carbocycles. The summed E-state index contributed by atoms with van der Waals surface area (Å²) >= 11 is 0. The SMILES string of the molecule is CS(=O)(=O)c1ccc(-n2nc(C(F)(F)F)nc2-c2ccc(F)cc2)cn1. The van der Waals surface area contributed by atoms with Crippen LogP contribution < -0.4 is 0 Å². The molecule has 136 valence electrons. The lowest BCUT2D eigenvalue weighted by Gasteiger charge is -2.06. The highest BCUT2D eigenvalue weighted by Crippen LogP contribution is 2.30. The molecule has 0 aliphatic rings. The normalized spacial score (nSPS) is 12.3. The summed E-state index contributed by atoms with van der Waals surface area (Å²) < 4.78 is 75.9. The van der Waals surface area contributed by atoms with Crippen molar-refractivity contribution < 1.29 is 26.0 Å². The zero-order valence-corrected chi connectivity index (χ0v) is 13.9. The van der Waals surface area contributed by atoms with Crippen molar-refractivity contribution in [2.24, 2.45) is 0 Å². The van der Waals surface area contributed by atoms with E-state index in [0.29, 0.717) is 0 Å². The molecule has 0 radical (unpaired) electrons. The third-order valence-electron chi connectivity index (χ3n) is 3.31. The molecule has 0 atom stereocenters. The first-order chi connectivity index (χ1) is 12.1. The summed E-state index contributed by atoms with van der Waals surface area (Å²) in [5.74, 6) is -2.13. The third kappa shape index (κ3) is 3.57. The monoisotopic (exact) mass is 386 g/mol. The second-order valence-electron chi connectivity index (χ2n) is 5.30. The van der Waals surface area contributed by atoms with E-state index >= 15 is 0 Å². The average molecular weight is 386 g/mol. The van der Waals surface area contributed by atoms with Gasteiger partial charge in [0.25, 0.3) is 5.82 Å². The molecule has 11 heteroatoms. The summed E-state index contributed by atoms with van der Waals surface area (Å²) in [5, 5.41) is 3.20. The molecular formula is C15H10F4N4O2S. The van der Waals surface area contributed by atoms with Crippen LogP contribution in [0.1, 0.15) is 5.82 Å². The van der Waals surface area contributed by atoms with Crippen molar-refractivity contribution in [3.05, 3.63) is 54.2 Å². The van der Waals surface area contributed by atoms with Crippen LogP contribution in [-0.2, 0) is 16.0 Å². The van der Waals surface area contributed by atoms with Gasteiger partial charge in [-0.1, -0.05) is 0 Å². The molecule has 26 heavy (non-hydrogen) atoms. The van der Waals surface area contributed by atoms with Gasteiger partial charge < -0.3 is 0 Å². The van der Waals surface area contributed by atoms with E-state index in [2.05, 4.69) is 15.1 Å². The molecule has 2 heterocycles. The molecule has 0 saturated carbocycles. The van der Waals surface area contributed by atoms with E-state index in [1.807, 2.05) is 0 Å². The lowest BCUT2D eigenvalue weighted by Crippen LogP contribution is -2.09. The third-order valence-corrected chi connectivity index (χ3v) is 4.31. The number of hydrogen-bond donors (Lipinski definition) is 0. The van der Waals surface area contributed by atoms with E-state index < -0.39 is 27.7 Å². The minimum absolute atomic E-state index is 0.0692. The number of benzene rings is 1. The van der Waals surface area contributed by atoms with E-state index in [4.69, 9.17) is 0 Å². The number of nitrogens with zero attached hydrogens (tertiary/aromatic N) is 4. The second-order valence-corrected chi connectivity index (χ2v) is 7.26. The Morgan fingerprint density at radius 2 is 1.69 bits per heavy atom. The molecule has 0 aliphatic heterocycles. The molecule has 3 aromatic rings. The largest absolute Gasteiger partial charge is 0.453 e. The molecule has 0 fully saturated rings. The number of rotatable bonds is 3. The molecule has 6 nitrogen and oxygen atoms in total. The highest BCUT2D eigenvalue weighted by atomic mass is 32.2. The number of sulfone groups is 1. The Morgan fingerprint density at radius 3 is 2.19 bits per heavy atom. The fourth-order valence-corrected chi connectivity index (χ4v) is 2.67. The predicted octanol–water partition coefficient (Wildman–Crippen LogP) is 2.89. The van der Waals surface area contributed by atoms with Gasteiger partial charge in [-0.05, 0) is 36.4 Å². The van der Waals surface area contributed by atoms with Crippen molar-refractivity contribution in [2.75, 3.05) is 6.26 Å². The van der Waals surface area contributed by atoms with Gasteiger partial charge in [-0.25, -0.2) is 27.5 Å². The van der Waals surface area contributed by atoms with Gasteiger partial charge in [0.1, 0.15) is 5.82 Å². The van der Waals surface area contributed by atoms with Gasteiger partial charge in [0.15, 0.2) is 20.7 Å². The van der Waals surface area contributed by atoms with Crippen LogP contribution in [0.15, 0.2) is 47.6 Å². The van der Waals surface area contributed by atoms with Crippen molar-refractivity contribution in [1.82, 2.24) is 19.7 Å². The fourth-order valence-electron chi connectivity index (χ4n) is 2.12. The van der Waals surface area contributed by atoms with Crippen LogP contribution in [0.3, 0.4) is 0 Å². The average Bonchev–Trinajstić information content (AvgIpc) is 3.00. The summed E-state index contributed by atoms with van der Waals surface area (Å²) in [6.45, 7) is 0. The minimum atomic E-state index is -4.79. The highest BCUT2D eigenvalue weighted by molar-refractivity contribution is 7.90. The lowest BCUT2D eigenvalue weighted by molar-refractivity contribution is -0.144. The first-order valence-corrected chi connectivity index (χ1v) is 8.91. The van der Waals surface area contributed by atoms with E-state index in [9.17, 15) is 26.0 Å². The number of hydrogen-bond acceptors (Lipinski definition) is 5. The second kappa shape index (κ2) is 6.16. The molecule has 0 unspecified atom stereocenters. The molecular weight excluding hydrogens is 376 g/mol. The van der Waals surface area contributed by atoms with Gasteiger partial charge in [0.05, 0.1) is 11.9 Å². The molecule has 0 aliphatic carbocycles. The first kappa shape index (κ1) is 18.0. The quantitative estimate of drug-likeness (QED) is 0.647. The Hall–Kier alpha value is -2.82. The van der Waals surface area contributed by atoms with Crippen molar-refractivity contribution in [3.8, 4) is 17.1 Å². The van der Waals surface area contributed by atoms with Gasteiger partial charge in [-0.2, -0.15) is 13.2 Å². The van der Waals surface area contributed by atoms with Crippen LogP contribution in [0.2, 0.25) is 0 Å². The maximum Gasteiger partial charge on any atom is 0.453 e. The van der Waals surface area contributed by atoms with Gasteiger partial charge in [-0.3, -0.25) is 0 Å². The maximum atomic E-state index is 13.1. The van der Waals surface area contributed by atoms with Crippen LogP contribution in [0.4, 0.5) is 17.6 Å². The summed E-state index contributed by atoms with van der Waals surface area (Å²) in [4.78, 5) is 7.22. The van der Waals surface area contributed by atoms with Crippen LogP contribution in [-0.4, -0.2) is 34.4 Å². The Labute approximate surface area is 145 Å². The van der Waals surface area contributed by atoms with Gasteiger partial charge in [0, 0.05) is 11.8 Å². The molecule has 2 aromatic heterocycles. The zero-order chi connectivity index (χ0) is 19.1. The van der Waals surface area contributed by atoms with Crippen LogP contribution in [0.25, 0.3) is 17.1 Å². The van der Waals surface area contributed by atoms with E-state index in [1.54, 1.807) is 0 Å². The van der Waals surface area contributed by atoms with Gasteiger partial charge in [-0.15, -0.1) is 5.10 Å². The molecule has 0 N–H and O–H groups in total. The molecule has 0 spiro atoms. The van der Waals surface area contributed by atoms with Crippen LogP contribution in [0.5, 0.6) is 0 Å². The van der Waals surface area contributed by atoms with Crippen molar-refractivity contribution in [3.63, 3.8) is 0 Å². The van der Waals surface area contributed by atoms with E-state index in [0.717, 1.165) is 35.3 Å². The molecule has 0 amide bonds. The Balaban J connectivity index is 2.16. The number of pyridine rings is 1. The van der Waals surface area contributed by atoms with Crippen molar-refractivity contribution >= 4 is 9.84 Å². The van der Waals surface area contributed by atoms with Gasteiger partial charge >= 0.3 is 6.18 Å². The highest BCUT2D eigenvalue weighted by Gasteiger charge is 2.37. The Bertz CT molecular complexity index is 1040. The Kier molecular flexibility index (Phi) is 4.26. The summed E-state index contributed by atoms with van der Waals surface area (Å²) in [6, 6.07) is 7.07. The predicted molar refractivity (Wildman–Crippen MR) is 82.7 cm³/mol. The van der Waals surface area contributed by atoms with E-state index in [-0.39, 0.29) is 22.1 Å².